The Hall–Kier alpha value is -7.78. The van der Waals surface area contributed by atoms with E-state index >= 15 is 0 Å². The Morgan fingerprint density at radius 2 is 0.862 bits per heavy atom. The van der Waals surface area contributed by atoms with Crippen LogP contribution in [0.15, 0.2) is 231 Å². The van der Waals surface area contributed by atoms with Gasteiger partial charge in [0.2, 0.25) is 0 Å². The summed E-state index contributed by atoms with van der Waals surface area (Å²) in [6, 6.07) is 79.9. The van der Waals surface area contributed by atoms with Gasteiger partial charge in [-0.25, -0.2) is 0 Å². The Bertz CT molecular complexity index is 3380. The molecule has 0 bridgehead atoms. The SMILES string of the molecule is C=C/C=C\c1c(C)sc2c(N(c3ccc4c(c3)C(c3ccccc3)(c3ccccc3)c3ccccc3-4)c3ccc4c(c3)C3(c5ccccc5-c5ccccc53)c3ccccc3-4)cccc12. The largest absolute Gasteiger partial charge is 0.309 e. The third kappa shape index (κ3) is 5.09. The first kappa shape index (κ1) is 37.7. The molecule has 10 aromatic rings. The van der Waals surface area contributed by atoms with Crippen molar-refractivity contribution >= 4 is 44.6 Å². The Morgan fingerprint density at radius 1 is 0.431 bits per heavy atom. The number of anilines is 3. The molecule has 3 aliphatic rings. The van der Waals surface area contributed by atoms with Gasteiger partial charge in [0.15, 0.2) is 0 Å². The van der Waals surface area contributed by atoms with Gasteiger partial charge >= 0.3 is 0 Å². The molecule has 0 amide bonds. The standard InChI is InChI=1S/C63H43NS/c1-3-4-24-46-41(2)65-61-53(46)29-19-34-60(61)64(44-35-37-51-49-27-11-15-30-54(49)62(58(51)39-44,42-20-7-5-8-21-42)43-22-9-6-10-23-43)45-36-38-52-50-28-14-18-33-57(50)63(59(52)40-45)55-31-16-12-25-47(55)48-26-13-17-32-56(48)63/h3-40H,1H2,2H3/b24-4-. The molecule has 65 heavy (non-hydrogen) atoms. The number of benzene rings is 9. The second kappa shape index (κ2) is 14.4. The normalized spacial score (nSPS) is 14.2. The molecular weight excluding hydrogens is 803 g/mol. The fourth-order valence-corrected chi connectivity index (χ4v) is 13.2. The summed E-state index contributed by atoms with van der Waals surface area (Å²) in [6.07, 6.45) is 6.13. The van der Waals surface area contributed by atoms with Crippen LogP contribution in [0.5, 0.6) is 0 Å². The van der Waals surface area contributed by atoms with Gasteiger partial charge in [0.1, 0.15) is 0 Å². The highest BCUT2D eigenvalue weighted by Crippen LogP contribution is 2.64. The van der Waals surface area contributed by atoms with Crippen LogP contribution >= 0.6 is 11.3 Å². The zero-order chi connectivity index (χ0) is 43.3. The highest BCUT2D eigenvalue weighted by Gasteiger charge is 2.52. The van der Waals surface area contributed by atoms with Gasteiger partial charge in [-0.05, 0) is 121 Å². The van der Waals surface area contributed by atoms with Crippen LogP contribution in [0.3, 0.4) is 0 Å². The summed E-state index contributed by atoms with van der Waals surface area (Å²) in [4.78, 5) is 3.83. The van der Waals surface area contributed by atoms with Crippen molar-refractivity contribution in [1.29, 1.82) is 0 Å². The van der Waals surface area contributed by atoms with Crippen molar-refractivity contribution in [3.63, 3.8) is 0 Å². The average molecular weight is 846 g/mol. The van der Waals surface area contributed by atoms with Crippen molar-refractivity contribution < 1.29 is 0 Å². The minimum atomic E-state index is -0.536. The maximum atomic E-state index is 4.00. The van der Waals surface area contributed by atoms with Crippen LogP contribution in [-0.2, 0) is 10.8 Å². The third-order valence-electron chi connectivity index (χ3n) is 14.5. The second-order valence-electron chi connectivity index (χ2n) is 17.5. The van der Waals surface area contributed by atoms with E-state index in [2.05, 4.69) is 243 Å². The van der Waals surface area contributed by atoms with Crippen molar-refractivity contribution in [2.24, 2.45) is 0 Å². The second-order valence-corrected chi connectivity index (χ2v) is 18.8. The van der Waals surface area contributed by atoms with Crippen molar-refractivity contribution in [3.05, 3.63) is 286 Å². The molecule has 13 rings (SSSR count). The van der Waals surface area contributed by atoms with E-state index < -0.39 is 10.8 Å². The number of rotatable bonds is 7. The van der Waals surface area contributed by atoms with Crippen LogP contribution in [0.2, 0.25) is 0 Å². The smallest absolute Gasteiger partial charge is 0.0726 e. The van der Waals surface area contributed by atoms with Crippen LogP contribution in [0, 0.1) is 6.92 Å². The lowest BCUT2D eigenvalue weighted by atomic mass is 9.67. The number of hydrogen-bond acceptors (Lipinski definition) is 2. The van der Waals surface area contributed by atoms with Gasteiger partial charge in [-0.3, -0.25) is 0 Å². The first-order chi connectivity index (χ1) is 32.1. The number of fused-ring (bicyclic) bond motifs is 14. The number of hydrogen-bond donors (Lipinski definition) is 0. The molecule has 0 N–H and O–H groups in total. The summed E-state index contributed by atoms with van der Waals surface area (Å²) in [7, 11) is 0. The average Bonchev–Trinajstić information content (AvgIpc) is 4.05. The quantitative estimate of drug-likeness (QED) is 0.144. The van der Waals surface area contributed by atoms with Gasteiger partial charge in [0.05, 0.1) is 21.2 Å². The molecule has 1 nitrogen and oxygen atoms in total. The van der Waals surface area contributed by atoms with E-state index in [0.29, 0.717) is 0 Å². The lowest BCUT2D eigenvalue weighted by Crippen LogP contribution is -2.28. The van der Waals surface area contributed by atoms with Gasteiger partial charge in [0, 0.05) is 21.6 Å². The van der Waals surface area contributed by atoms with Crippen molar-refractivity contribution in [2.75, 3.05) is 4.90 Å². The summed E-state index contributed by atoms with van der Waals surface area (Å²) in [6.45, 7) is 6.25. The van der Waals surface area contributed by atoms with Crippen molar-refractivity contribution in [2.45, 2.75) is 17.8 Å². The first-order valence-electron chi connectivity index (χ1n) is 22.5. The Morgan fingerprint density at radius 3 is 1.35 bits per heavy atom. The van der Waals surface area contributed by atoms with Gasteiger partial charge < -0.3 is 4.90 Å². The third-order valence-corrected chi connectivity index (χ3v) is 15.7. The van der Waals surface area contributed by atoms with Crippen molar-refractivity contribution in [3.8, 4) is 33.4 Å². The Kier molecular flexibility index (Phi) is 8.35. The fraction of sp³-hybridized carbons (Fsp3) is 0.0476. The van der Waals surface area contributed by atoms with Crippen LogP contribution in [0.1, 0.15) is 54.9 Å². The first-order valence-corrected chi connectivity index (χ1v) is 23.4. The number of allylic oxidation sites excluding steroid dienone is 2. The van der Waals surface area contributed by atoms with E-state index in [1.54, 1.807) is 0 Å². The molecular formula is C63H43NS. The molecule has 0 aliphatic heterocycles. The van der Waals surface area contributed by atoms with E-state index in [9.17, 15) is 0 Å². The number of nitrogens with zero attached hydrogens (tertiary/aromatic N) is 1. The highest BCUT2D eigenvalue weighted by molar-refractivity contribution is 7.20. The highest BCUT2D eigenvalue weighted by atomic mass is 32.1. The predicted octanol–water partition coefficient (Wildman–Crippen LogP) is 16.6. The molecule has 0 saturated heterocycles. The fourth-order valence-electron chi connectivity index (χ4n) is 12.0. The summed E-state index contributed by atoms with van der Waals surface area (Å²) in [5, 5.41) is 1.24. The molecule has 0 atom stereocenters. The zero-order valence-electron chi connectivity index (χ0n) is 36.0. The molecule has 2 heteroatoms. The molecule has 0 saturated carbocycles. The van der Waals surface area contributed by atoms with E-state index in [1.165, 1.54) is 98.4 Å². The van der Waals surface area contributed by atoms with Crippen LogP contribution < -0.4 is 4.90 Å². The van der Waals surface area contributed by atoms with E-state index in [0.717, 1.165) is 17.1 Å². The molecule has 0 radical (unpaired) electrons. The molecule has 1 spiro atoms. The van der Waals surface area contributed by atoms with E-state index in [1.807, 2.05) is 17.4 Å². The summed E-state index contributed by atoms with van der Waals surface area (Å²) < 4.78 is 1.25. The summed E-state index contributed by atoms with van der Waals surface area (Å²) in [5.41, 5.74) is 21.8. The van der Waals surface area contributed by atoms with Crippen LogP contribution in [0.4, 0.5) is 17.1 Å². The summed E-state index contributed by atoms with van der Waals surface area (Å²) in [5.74, 6) is 0. The Labute approximate surface area is 384 Å². The molecule has 1 aromatic heterocycles. The molecule has 3 aliphatic carbocycles. The number of thiophene rings is 1. The predicted molar refractivity (Wildman–Crippen MR) is 274 cm³/mol. The maximum Gasteiger partial charge on any atom is 0.0726 e. The maximum absolute atomic E-state index is 4.00. The van der Waals surface area contributed by atoms with Gasteiger partial charge in [-0.2, -0.15) is 0 Å². The zero-order valence-corrected chi connectivity index (χ0v) is 36.8. The van der Waals surface area contributed by atoms with E-state index in [4.69, 9.17) is 0 Å². The molecule has 1 heterocycles. The van der Waals surface area contributed by atoms with Crippen molar-refractivity contribution in [1.82, 2.24) is 0 Å². The van der Waals surface area contributed by atoms with E-state index in [-0.39, 0.29) is 0 Å². The molecule has 0 unspecified atom stereocenters. The lowest BCUT2D eigenvalue weighted by Gasteiger charge is -2.35. The van der Waals surface area contributed by atoms with Gasteiger partial charge in [-0.15, -0.1) is 11.3 Å². The molecule has 9 aromatic carbocycles. The van der Waals surface area contributed by atoms with Gasteiger partial charge in [0.25, 0.3) is 0 Å². The molecule has 306 valence electrons. The van der Waals surface area contributed by atoms with Crippen LogP contribution in [-0.4, -0.2) is 0 Å². The van der Waals surface area contributed by atoms with Gasteiger partial charge in [-0.1, -0.05) is 207 Å². The molecule has 0 fully saturated rings. The minimum absolute atomic E-state index is 0.468. The monoisotopic (exact) mass is 845 g/mol. The topological polar surface area (TPSA) is 3.24 Å². The number of aryl methyl sites for hydroxylation is 1. The van der Waals surface area contributed by atoms with Crippen LogP contribution in [0.25, 0.3) is 49.5 Å². The Balaban J connectivity index is 1.12. The lowest BCUT2D eigenvalue weighted by molar-refractivity contribution is 0.768. The minimum Gasteiger partial charge on any atom is -0.309 e. The summed E-state index contributed by atoms with van der Waals surface area (Å²) >= 11 is 1.87.